The minimum Gasteiger partial charge on any atom is -0.394 e. The number of nitrogens with one attached hydrogen (secondary N) is 1. The molecule has 40 unspecified atom stereocenters. The Kier molecular flexibility index (Phi) is 29.4. The van der Waals surface area contributed by atoms with Crippen LogP contribution in [0, 0.1) is 5.92 Å². The van der Waals surface area contributed by atoms with E-state index in [1.54, 1.807) is 0 Å². The molecule has 16 bridgehead atoms. The van der Waals surface area contributed by atoms with Gasteiger partial charge in [-0.05, 0) is 12.3 Å². The first kappa shape index (κ1) is 81.0. The molecule has 30 saturated heterocycles. The number of rotatable bonds is 15. The van der Waals surface area contributed by atoms with E-state index in [1.165, 1.54) is 0 Å². The van der Waals surface area contributed by atoms with Crippen molar-refractivity contribution in [3.63, 3.8) is 0 Å². The molecule has 576 valence electrons. The highest BCUT2D eigenvalue weighted by atomic mass is 16.8. The lowest BCUT2D eigenvalue weighted by Gasteiger charge is -2.50. The van der Waals surface area contributed by atoms with E-state index in [4.69, 9.17) is 80.5 Å². The number of hydrogen-bond acceptors (Lipinski definition) is 41. The topological polar surface area (TPSA) is 651 Å². The van der Waals surface area contributed by atoms with Gasteiger partial charge in [0.15, 0.2) is 44.0 Å². The molecule has 1 amide bonds. The van der Waals surface area contributed by atoms with E-state index in [-0.39, 0.29) is 18.9 Å². The highest BCUT2D eigenvalue weighted by molar-refractivity contribution is 5.76. The highest BCUT2D eigenvalue weighted by Crippen LogP contribution is 2.39. The maximum absolute atomic E-state index is 13.2. The highest BCUT2D eigenvalue weighted by Gasteiger charge is 2.60. The van der Waals surface area contributed by atoms with Gasteiger partial charge in [0.2, 0.25) is 5.91 Å². The fourth-order valence-electron chi connectivity index (χ4n) is 13.0. The van der Waals surface area contributed by atoms with Crippen molar-refractivity contribution in [2.24, 2.45) is 5.92 Å². The molecule has 30 heterocycles. The molecule has 42 heteroatoms. The van der Waals surface area contributed by atoms with Crippen LogP contribution in [0.5, 0.6) is 0 Å². The molecule has 0 radical (unpaired) electrons. The zero-order valence-electron chi connectivity index (χ0n) is 53.5. The average Bonchev–Trinajstić information content (AvgIpc) is 0.782. The van der Waals surface area contributed by atoms with E-state index in [1.807, 2.05) is 13.8 Å². The molecule has 40 atom stereocenters. The van der Waals surface area contributed by atoms with Gasteiger partial charge in [-0.2, -0.15) is 0 Å². The van der Waals surface area contributed by atoms with Crippen LogP contribution in [0.2, 0.25) is 0 Å². The van der Waals surface area contributed by atoms with Gasteiger partial charge in [0.25, 0.3) is 0 Å². The Morgan fingerprint density at radius 2 is 0.566 bits per heavy atom. The second-order valence-electron chi connectivity index (χ2n) is 26.0. The Balaban J connectivity index is 0.980. The van der Waals surface area contributed by atoms with Gasteiger partial charge in [0.05, 0.1) is 59.5 Å². The maximum Gasteiger partial charge on any atom is 0.222 e. The van der Waals surface area contributed by atoms with Gasteiger partial charge in [0, 0.05) is 19.6 Å². The van der Waals surface area contributed by atoms with Crippen LogP contribution in [-0.2, 0) is 85.3 Å². The molecule has 0 aromatic rings. The molecule has 30 fully saturated rings. The van der Waals surface area contributed by atoms with Crippen LogP contribution < -0.4 is 5.32 Å². The van der Waals surface area contributed by atoms with Crippen molar-refractivity contribution in [1.29, 1.82) is 0 Å². The number of carbonyl (C=O) groups is 1. The van der Waals surface area contributed by atoms with Crippen molar-refractivity contribution < 1.29 is 203 Å². The summed E-state index contributed by atoms with van der Waals surface area (Å²) in [6.45, 7) is -4.67. The first-order chi connectivity index (χ1) is 47.1. The van der Waals surface area contributed by atoms with Crippen molar-refractivity contribution in [2.45, 2.75) is 272 Å². The Hall–Kier alpha value is -2.13. The maximum atomic E-state index is 13.2. The third-order valence-electron chi connectivity index (χ3n) is 18.8. The first-order valence-corrected chi connectivity index (χ1v) is 32.6. The molecular formula is C57H97NO41. The summed E-state index contributed by atoms with van der Waals surface area (Å²) >= 11 is 0. The van der Waals surface area contributed by atoms with E-state index < -0.39 is 311 Å². The summed E-state index contributed by atoms with van der Waals surface area (Å²) in [5, 5.41) is 260. The zero-order chi connectivity index (χ0) is 72.2. The lowest BCUT2D eigenvalue weighted by Crippen LogP contribution is -2.68. The minimum atomic E-state index is -2.28. The molecule has 30 aliphatic rings. The number of amides is 1. The van der Waals surface area contributed by atoms with Gasteiger partial charge >= 0.3 is 0 Å². The number of aliphatic hydroxyl groups excluding tert-OH is 23. The van der Waals surface area contributed by atoms with Gasteiger partial charge in [0.1, 0.15) is 201 Å². The predicted octanol–water partition coefficient (Wildman–Crippen LogP) is -15.8. The van der Waals surface area contributed by atoms with Crippen LogP contribution in [0.1, 0.15) is 26.7 Å². The monoisotopic (exact) mass is 1450 g/mol. The fourth-order valence-corrected chi connectivity index (χ4v) is 13.0. The molecule has 0 aromatic carbocycles. The van der Waals surface area contributed by atoms with Crippen molar-refractivity contribution in [3.05, 3.63) is 0 Å². The van der Waals surface area contributed by atoms with Crippen molar-refractivity contribution in [2.75, 3.05) is 72.6 Å². The minimum absolute atomic E-state index is 0.0442. The molecule has 0 spiro atoms. The first-order valence-electron chi connectivity index (χ1n) is 32.6. The van der Waals surface area contributed by atoms with Gasteiger partial charge in [-0.3, -0.25) is 4.79 Å². The number of carbonyl (C=O) groups excluding carboxylic acids is 1. The van der Waals surface area contributed by atoms with Gasteiger partial charge < -0.3 is 203 Å². The van der Waals surface area contributed by atoms with Gasteiger partial charge in [-0.25, -0.2) is 0 Å². The molecule has 30 rings (SSSR count). The standard InChI is InChI=1S/C57H97NO41/c1-16(2)3-5-83-6-4-26(66)58-7-17-44-30(70)37(77)51(86-17)95-46-20(10-61)90-55(40(80)32(46)72)98-49-23(13-64)92-57(42(82)34(49)74)99-50-24(14-65)91-56(41(81)35(50)75)97-48-22(12-63)89-54(39(79)33(48)73)94-45-19(9-60)85-25(27(67)28(45)68)15-84-43-18(8-59)87-52(36(76)29(43)69)96-47-21(11-62)88-53(93-44)38(78)31(47)71/h16-25,27-57,59-65,67-82H,3-15H2,1-2H3,(H,58,66). The Labute approximate surface area is 563 Å². The Bertz CT molecular complexity index is 2430. The molecule has 30 aliphatic heterocycles. The van der Waals surface area contributed by atoms with Crippen LogP contribution in [-0.4, -0.2) is 441 Å². The van der Waals surface area contributed by atoms with Crippen molar-refractivity contribution >= 4 is 5.91 Å². The molecule has 0 aliphatic carbocycles. The van der Waals surface area contributed by atoms with Crippen LogP contribution >= 0.6 is 0 Å². The number of ether oxygens (including phenoxy) is 17. The summed E-state index contributed by atoms with van der Waals surface area (Å²) in [7, 11) is 0. The van der Waals surface area contributed by atoms with Gasteiger partial charge in [-0.1, -0.05) is 13.8 Å². The van der Waals surface area contributed by atoms with Crippen LogP contribution in [0.4, 0.5) is 0 Å². The summed E-state index contributed by atoms with van der Waals surface area (Å²) in [6, 6.07) is 0. The van der Waals surface area contributed by atoms with Crippen molar-refractivity contribution in [1.82, 2.24) is 5.32 Å². The molecule has 24 N–H and O–H groups in total. The average molecular weight is 1450 g/mol. The second kappa shape index (κ2) is 36.0. The summed E-state index contributed by atoms with van der Waals surface area (Å²) in [4.78, 5) is 13.2. The summed E-state index contributed by atoms with van der Waals surface area (Å²) in [6.07, 6.45) is -80.2. The molecule has 0 saturated carbocycles. The number of aliphatic hydroxyl groups is 23. The van der Waals surface area contributed by atoms with Crippen LogP contribution in [0.25, 0.3) is 0 Å². The second-order valence-corrected chi connectivity index (χ2v) is 26.0. The van der Waals surface area contributed by atoms with E-state index >= 15 is 0 Å². The van der Waals surface area contributed by atoms with E-state index in [9.17, 15) is 122 Å². The fraction of sp³-hybridized carbons (Fsp3) is 0.982. The predicted molar refractivity (Wildman–Crippen MR) is 307 cm³/mol. The molecule has 0 aromatic heterocycles. The molecular weight excluding hydrogens is 1350 g/mol. The summed E-state index contributed by atoms with van der Waals surface area (Å²) in [5.41, 5.74) is 0. The van der Waals surface area contributed by atoms with E-state index in [0.29, 0.717) is 13.0 Å². The number of hydrogen-bond donors (Lipinski definition) is 24. The SMILES string of the molecule is CC(C)CCOCCC(=O)NCC1OC2OC3C(CO)OC(OC4C(CO)OC(OC5C(CO)OC(OC6C(CO)OC(OC7C(CO)OC(COC8C(CO)OC(OC9C(CO)OC(OC1C(O)C2O)C(O)C9O)C(O)C8O)C(O)C7O)C(O)C6O)C(O)C5O)C(O)C4O)C(O)C3O. The third kappa shape index (κ3) is 17.8. The summed E-state index contributed by atoms with van der Waals surface area (Å²) < 4.78 is 98.4. The Morgan fingerprint density at radius 1 is 0.323 bits per heavy atom. The summed E-state index contributed by atoms with van der Waals surface area (Å²) in [5.74, 6) is -0.361. The van der Waals surface area contributed by atoms with Crippen LogP contribution in [0.3, 0.4) is 0 Å². The smallest absolute Gasteiger partial charge is 0.222 e. The van der Waals surface area contributed by atoms with Crippen molar-refractivity contribution in [3.8, 4) is 0 Å². The lowest BCUT2D eigenvalue weighted by molar-refractivity contribution is -0.397. The van der Waals surface area contributed by atoms with E-state index in [0.717, 1.165) is 0 Å². The molecule has 42 nitrogen and oxygen atoms in total. The quantitative estimate of drug-likeness (QED) is 0.0677. The largest absolute Gasteiger partial charge is 0.394 e. The Morgan fingerprint density at radius 3 is 0.848 bits per heavy atom. The normalized spacial score (nSPS) is 50.6. The van der Waals surface area contributed by atoms with E-state index in [2.05, 4.69) is 5.32 Å². The molecule has 99 heavy (non-hydrogen) atoms. The third-order valence-corrected chi connectivity index (χ3v) is 18.8. The lowest BCUT2D eigenvalue weighted by atomic mass is 9.94. The van der Waals surface area contributed by atoms with Crippen LogP contribution in [0.15, 0.2) is 0 Å². The zero-order valence-corrected chi connectivity index (χ0v) is 53.5. The van der Waals surface area contributed by atoms with Gasteiger partial charge in [-0.15, -0.1) is 0 Å².